The summed E-state index contributed by atoms with van der Waals surface area (Å²) >= 11 is 0. The van der Waals surface area contributed by atoms with Gasteiger partial charge in [0.25, 0.3) is 0 Å². The summed E-state index contributed by atoms with van der Waals surface area (Å²) in [5.41, 5.74) is 8.82. The van der Waals surface area contributed by atoms with Gasteiger partial charge in [-0.05, 0) is 30.2 Å². The van der Waals surface area contributed by atoms with E-state index in [-0.39, 0.29) is 17.2 Å². The number of carbonyl (C=O) groups is 1. The van der Waals surface area contributed by atoms with Crippen LogP contribution >= 0.6 is 0 Å². The second-order valence-corrected chi connectivity index (χ2v) is 5.40. The Labute approximate surface area is 110 Å². The third-order valence-corrected chi connectivity index (χ3v) is 2.90. The molecule has 0 fully saturated rings. The average Bonchev–Trinajstić information content (AvgIpc) is 2.75. The molecule has 8 heteroatoms. The lowest BCUT2D eigenvalue weighted by Gasteiger charge is -2.26. The Balaban J connectivity index is 2.60. The molecule has 2 N–H and O–H groups in total. The largest absolute Gasteiger partial charge is 0.476 e. The van der Waals surface area contributed by atoms with Gasteiger partial charge in [-0.3, -0.25) is 0 Å². The molecule has 1 aromatic heterocycles. The van der Waals surface area contributed by atoms with E-state index >= 15 is 0 Å². The van der Waals surface area contributed by atoms with Gasteiger partial charge in [-0.2, -0.15) is 10.3 Å². The molecule has 1 heterocycles. The van der Waals surface area contributed by atoms with Crippen LogP contribution < -0.4 is 0 Å². The molecular weight excluding hydrogens is 248 g/mol. The first-order valence-corrected chi connectivity index (χ1v) is 6.03. The van der Waals surface area contributed by atoms with Crippen molar-refractivity contribution in [2.45, 2.75) is 46.1 Å². The number of hydrogen-bond donors (Lipinski definition) is 2. The summed E-state index contributed by atoms with van der Waals surface area (Å²) in [6, 6.07) is -0.127. The van der Waals surface area contributed by atoms with Crippen LogP contribution in [0.25, 0.3) is 10.4 Å². The number of H-pyrrole nitrogens is 1. The summed E-state index contributed by atoms with van der Waals surface area (Å²) in [5, 5.41) is 22.4. The highest BCUT2D eigenvalue weighted by Crippen LogP contribution is 2.26. The molecule has 0 aromatic carbocycles. The van der Waals surface area contributed by atoms with Crippen LogP contribution in [0.15, 0.2) is 5.11 Å². The Morgan fingerprint density at radius 3 is 2.74 bits per heavy atom. The minimum absolute atomic E-state index is 0.0453. The van der Waals surface area contributed by atoms with Crippen LogP contribution in [0.3, 0.4) is 0 Å². The number of aryl methyl sites for hydroxylation is 1. The molecule has 1 aromatic rings. The molecular formula is C11H18N6O2. The number of aromatic amines is 1. The van der Waals surface area contributed by atoms with E-state index in [1.807, 2.05) is 20.8 Å². The van der Waals surface area contributed by atoms with Crippen molar-refractivity contribution in [3.05, 3.63) is 21.8 Å². The van der Waals surface area contributed by atoms with Gasteiger partial charge in [-0.15, -0.1) is 5.10 Å². The molecule has 0 bridgehead atoms. The standard InChI is InChI=1S/C11H18N6O2/c1-11(2,3)8(14-16-12)6-4-5-7-9(10(18)19)15-17-13-7/h8H,4-6H2,1-3H3,(H,18,19)(H,13,15,17). The first kappa shape index (κ1) is 15.0. The Morgan fingerprint density at radius 1 is 1.53 bits per heavy atom. The highest BCUT2D eigenvalue weighted by Gasteiger charge is 2.23. The van der Waals surface area contributed by atoms with E-state index in [2.05, 4.69) is 25.4 Å². The molecule has 8 nitrogen and oxygen atoms in total. The van der Waals surface area contributed by atoms with Crippen LogP contribution in [0.4, 0.5) is 0 Å². The SMILES string of the molecule is CC(C)(C)C(CCCc1n[nH]nc1C(=O)O)N=[N+]=[N-]. The zero-order valence-electron chi connectivity index (χ0n) is 11.3. The van der Waals surface area contributed by atoms with E-state index < -0.39 is 5.97 Å². The van der Waals surface area contributed by atoms with Crippen molar-refractivity contribution in [1.29, 1.82) is 0 Å². The van der Waals surface area contributed by atoms with E-state index in [1.165, 1.54) is 0 Å². The predicted octanol–water partition coefficient (Wildman–Crippen LogP) is 2.55. The summed E-state index contributed by atoms with van der Waals surface area (Å²) < 4.78 is 0. The predicted molar refractivity (Wildman–Crippen MR) is 68.7 cm³/mol. The van der Waals surface area contributed by atoms with Crippen LogP contribution in [-0.4, -0.2) is 32.5 Å². The highest BCUT2D eigenvalue weighted by atomic mass is 16.4. The fourth-order valence-electron chi connectivity index (χ4n) is 1.79. The molecule has 0 saturated carbocycles. The zero-order valence-corrected chi connectivity index (χ0v) is 11.3. The number of nitrogens with one attached hydrogen (secondary N) is 1. The third-order valence-electron chi connectivity index (χ3n) is 2.90. The Bertz CT molecular complexity index is 484. The van der Waals surface area contributed by atoms with E-state index in [0.29, 0.717) is 25.0 Å². The molecule has 1 rings (SSSR count). The second-order valence-electron chi connectivity index (χ2n) is 5.40. The van der Waals surface area contributed by atoms with Crippen molar-refractivity contribution in [1.82, 2.24) is 15.4 Å². The summed E-state index contributed by atoms with van der Waals surface area (Å²) in [6.07, 6.45) is 1.86. The molecule has 1 unspecified atom stereocenters. The minimum atomic E-state index is -1.09. The van der Waals surface area contributed by atoms with Gasteiger partial charge >= 0.3 is 5.97 Å². The molecule has 104 valence electrons. The van der Waals surface area contributed by atoms with Crippen LogP contribution in [0.1, 0.15) is 49.8 Å². The van der Waals surface area contributed by atoms with E-state index in [4.69, 9.17) is 10.6 Å². The van der Waals surface area contributed by atoms with Crippen molar-refractivity contribution in [2.24, 2.45) is 10.5 Å². The number of azide groups is 1. The zero-order chi connectivity index (χ0) is 14.5. The third kappa shape index (κ3) is 4.26. The molecule has 1 atom stereocenters. The van der Waals surface area contributed by atoms with E-state index in [0.717, 1.165) is 0 Å². The number of aromatic carboxylic acids is 1. The fourth-order valence-corrected chi connectivity index (χ4v) is 1.79. The number of rotatable bonds is 6. The second kappa shape index (κ2) is 6.19. The molecule has 19 heavy (non-hydrogen) atoms. The average molecular weight is 266 g/mol. The maximum Gasteiger partial charge on any atom is 0.358 e. The lowest BCUT2D eigenvalue weighted by atomic mass is 9.84. The van der Waals surface area contributed by atoms with Crippen LogP contribution in [0, 0.1) is 5.41 Å². The van der Waals surface area contributed by atoms with Crippen LogP contribution in [0.2, 0.25) is 0 Å². The maximum atomic E-state index is 10.9. The molecule has 0 aliphatic rings. The van der Waals surface area contributed by atoms with Crippen LogP contribution in [0.5, 0.6) is 0 Å². The van der Waals surface area contributed by atoms with Gasteiger partial charge < -0.3 is 5.11 Å². The minimum Gasteiger partial charge on any atom is -0.476 e. The van der Waals surface area contributed by atoms with Crippen LogP contribution in [-0.2, 0) is 6.42 Å². The number of aromatic nitrogens is 3. The molecule has 0 amide bonds. The lowest BCUT2D eigenvalue weighted by Crippen LogP contribution is -2.24. The van der Waals surface area contributed by atoms with E-state index in [1.54, 1.807) is 0 Å². The molecule has 0 spiro atoms. The molecule has 0 radical (unpaired) electrons. The molecule has 0 aliphatic carbocycles. The summed E-state index contributed by atoms with van der Waals surface area (Å²) in [5.74, 6) is -1.09. The summed E-state index contributed by atoms with van der Waals surface area (Å²) in [4.78, 5) is 13.7. The van der Waals surface area contributed by atoms with Crippen molar-refractivity contribution >= 4 is 5.97 Å². The van der Waals surface area contributed by atoms with Gasteiger partial charge in [0.1, 0.15) is 0 Å². The van der Waals surface area contributed by atoms with Crippen molar-refractivity contribution in [3.63, 3.8) is 0 Å². The molecule has 0 aliphatic heterocycles. The first-order chi connectivity index (χ1) is 8.86. The van der Waals surface area contributed by atoms with Gasteiger partial charge in [0.2, 0.25) is 0 Å². The number of carboxylic acid groups (broad SMARTS) is 1. The monoisotopic (exact) mass is 266 g/mol. The Morgan fingerprint density at radius 2 is 2.21 bits per heavy atom. The van der Waals surface area contributed by atoms with Gasteiger partial charge in [0.15, 0.2) is 5.69 Å². The Kier molecular flexibility index (Phi) is 4.88. The quantitative estimate of drug-likeness (QED) is 0.465. The first-order valence-electron chi connectivity index (χ1n) is 6.03. The van der Waals surface area contributed by atoms with Gasteiger partial charge in [0, 0.05) is 11.0 Å². The summed E-state index contributed by atoms with van der Waals surface area (Å²) in [6.45, 7) is 6.02. The normalized spacial score (nSPS) is 12.8. The van der Waals surface area contributed by atoms with E-state index in [9.17, 15) is 4.79 Å². The van der Waals surface area contributed by atoms with Gasteiger partial charge in [-0.25, -0.2) is 4.79 Å². The van der Waals surface area contributed by atoms with Gasteiger partial charge in [-0.1, -0.05) is 25.9 Å². The van der Waals surface area contributed by atoms with Gasteiger partial charge in [0.05, 0.1) is 5.69 Å². The number of hydrogen-bond acceptors (Lipinski definition) is 4. The maximum absolute atomic E-state index is 10.9. The smallest absolute Gasteiger partial charge is 0.358 e. The highest BCUT2D eigenvalue weighted by molar-refractivity contribution is 5.86. The van der Waals surface area contributed by atoms with Crippen molar-refractivity contribution in [2.75, 3.05) is 0 Å². The Hall–Kier alpha value is -2.08. The topological polar surface area (TPSA) is 128 Å². The van der Waals surface area contributed by atoms with Crippen molar-refractivity contribution in [3.8, 4) is 0 Å². The number of carboxylic acids is 1. The summed E-state index contributed by atoms with van der Waals surface area (Å²) in [7, 11) is 0. The number of nitrogens with zero attached hydrogens (tertiary/aromatic N) is 5. The molecule has 0 saturated heterocycles. The fraction of sp³-hybridized carbons (Fsp3) is 0.727. The van der Waals surface area contributed by atoms with Crippen molar-refractivity contribution < 1.29 is 9.90 Å². The lowest BCUT2D eigenvalue weighted by molar-refractivity contribution is 0.0689.